The fraction of sp³-hybridized carbons (Fsp3) is 1.00. The summed E-state index contributed by atoms with van der Waals surface area (Å²) in [5.74, 6) is 1.28. The lowest BCUT2D eigenvalue weighted by Crippen LogP contribution is -2.38. The van der Waals surface area contributed by atoms with Crippen molar-refractivity contribution in [2.24, 2.45) is 0 Å². The van der Waals surface area contributed by atoms with Gasteiger partial charge in [0.1, 0.15) is 0 Å². The Labute approximate surface area is 122 Å². The molecule has 1 aliphatic rings. The quantitative estimate of drug-likeness (QED) is 0.574. The van der Waals surface area contributed by atoms with Crippen LogP contribution in [0.15, 0.2) is 0 Å². The van der Waals surface area contributed by atoms with Crippen LogP contribution >= 0.6 is 11.8 Å². The van der Waals surface area contributed by atoms with Gasteiger partial charge in [-0.2, -0.15) is 11.8 Å². The van der Waals surface area contributed by atoms with Crippen LogP contribution in [0.4, 0.5) is 0 Å². The third kappa shape index (κ3) is 8.18. The van der Waals surface area contributed by atoms with Crippen molar-refractivity contribution in [2.75, 3.05) is 32.1 Å². The van der Waals surface area contributed by atoms with E-state index in [0.29, 0.717) is 17.9 Å². The van der Waals surface area contributed by atoms with E-state index in [1.54, 1.807) is 0 Å². The van der Waals surface area contributed by atoms with Crippen LogP contribution in [-0.2, 0) is 4.74 Å². The first-order chi connectivity index (χ1) is 9.16. The van der Waals surface area contributed by atoms with Gasteiger partial charge in [-0.05, 0) is 31.9 Å². The van der Waals surface area contributed by atoms with Gasteiger partial charge >= 0.3 is 0 Å². The van der Waals surface area contributed by atoms with E-state index in [1.807, 2.05) is 0 Å². The maximum absolute atomic E-state index is 9.82. The third-order valence-electron chi connectivity index (χ3n) is 3.63. The molecular weight excluding hydrogens is 258 g/mol. The van der Waals surface area contributed by atoms with Crippen molar-refractivity contribution >= 4 is 11.8 Å². The molecule has 2 unspecified atom stereocenters. The van der Waals surface area contributed by atoms with Gasteiger partial charge in [0.25, 0.3) is 0 Å². The molecule has 1 heterocycles. The summed E-state index contributed by atoms with van der Waals surface area (Å²) >= 11 is 2.05. The van der Waals surface area contributed by atoms with Gasteiger partial charge in [0.2, 0.25) is 0 Å². The number of nitrogens with one attached hydrogen (secondary N) is 1. The number of hydrogen-bond acceptors (Lipinski definition) is 4. The van der Waals surface area contributed by atoms with Gasteiger partial charge in [-0.1, -0.05) is 26.2 Å². The van der Waals surface area contributed by atoms with Gasteiger partial charge in [-0.3, -0.25) is 0 Å². The average Bonchev–Trinajstić information content (AvgIpc) is 2.81. The van der Waals surface area contributed by atoms with E-state index < -0.39 is 0 Å². The predicted octanol–water partition coefficient (Wildman–Crippen LogP) is 2.82. The van der Waals surface area contributed by atoms with Crippen LogP contribution in [0.3, 0.4) is 0 Å². The van der Waals surface area contributed by atoms with Crippen LogP contribution in [-0.4, -0.2) is 48.0 Å². The van der Waals surface area contributed by atoms with Crippen molar-refractivity contribution in [3.05, 3.63) is 0 Å². The SMILES string of the molecule is CCCCCCOCC(O)CNCC1(C)CCCS1. The van der Waals surface area contributed by atoms with Crippen LogP contribution < -0.4 is 5.32 Å². The summed E-state index contributed by atoms with van der Waals surface area (Å²) in [5, 5.41) is 13.2. The highest BCUT2D eigenvalue weighted by atomic mass is 32.2. The van der Waals surface area contributed by atoms with E-state index >= 15 is 0 Å². The Morgan fingerprint density at radius 3 is 2.89 bits per heavy atom. The Morgan fingerprint density at radius 1 is 1.37 bits per heavy atom. The van der Waals surface area contributed by atoms with E-state index in [9.17, 15) is 5.11 Å². The number of thioether (sulfide) groups is 1. The Balaban J connectivity index is 1.91. The molecular formula is C15H31NO2S. The van der Waals surface area contributed by atoms with E-state index in [1.165, 1.54) is 37.9 Å². The number of hydrogen-bond donors (Lipinski definition) is 2. The molecule has 0 spiro atoms. The number of unbranched alkanes of at least 4 members (excludes halogenated alkanes) is 3. The minimum Gasteiger partial charge on any atom is -0.389 e. The monoisotopic (exact) mass is 289 g/mol. The van der Waals surface area contributed by atoms with Gasteiger partial charge in [0.15, 0.2) is 0 Å². The minimum atomic E-state index is -0.374. The smallest absolute Gasteiger partial charge is 0.0897 e. The topological polar surface area (TPSA) is 41.5 Å². The molecule has 0 radical (unpaired) electrons. The molecule has 0 aliphatic carbocycles. The number of aliphatic hydroxyl groups excluding tert-OH is 1. The van der Waals surface area contributed by atoms with Crippen molar-refractivity contribution in [1.29, 1.82) is 0 Å². The highest BCUT2D eigenvalue weighted by Gasteiger charge is 2.28. The summed E-state index contributed by atoms with van der Waals surface area (Å²) in [4.78, 5) is 0. The molecule has 1 aliphatic heterocycles. The summed E-state index contributed by atoms with van der Waals surface area (Å²) in [6.45, 7) is 7.40. The molecule has 0 bridgehead atoms. The Morgan fingerprint density at radius 2 is 2.21 bits per heavy atom. The maximum Gasteiger partial charge on any atom is 0.0897 e. The van der Waals surface area contributed by atoms with Crippen molar-refractivity contribution in [3.63, 3.8) is 0 Å². The Hall–Kier alpha value is 0.230. The van der Waals surface area contributed by atoms with E-state index in [4.69, 9.17) is 4.74 Å². The molecule has 19 heavy (non-hydrogen) atoms. The molecule has 1 rings (SSSR count). The lowest BCUT2D eigenvalue weighted by Gasteiger charge is -2.23. The summed E-state index contributed by atoms with van der Waals surface area (Å²) in [5.41, 5.74) is 0. The second-order valence-electron chi connectivity index (χ2n) is 5.82. The molecule has 0 aromatic rings. The van der Waals surface area contributed by atoms with Crippen LogP contribution in [0.1, 0.15) is 52.4 Å². The molecule has 0 saturated carbocycles. The minimum absolute atomic E-state index is 0.374. The summed E-state index contributed by atoms with van der Waals surface area (Å²) in [6.07, 6.45) is 7.12. The lowest BCUT2D eigenvalue weighted by atomic mass is 10.1. The van der Waals surface area contributed by atoms with E-state index in [2.05, 4.69) is 30.9 Å². The first kappa shape index (κ1) is 17.3. The van der Waals surface area contributed by atoms with Crippen molar-refractivity contribution in [3.8, 4) is 0 Å². The van der Waals surface area contributed by atoms with Crippen LogP contribution in [0.5, 0.6) is 0 Å². The molecule has 1 fully saturated rings. The number of aliphatic hydroxyl groups is 1. The first-order valence-electron chi connectivity index (χ1n) is 7.77. The number of ether oxygens (including phenoxy) is 1. The van der Waals surface area contributed by atoms with Crippen LogP contribution in [0.2, 0.25) is 0 Å². The molecule has 2 atom stereocenters. The zero-order valence-corrected chi connectivity index (χ0v) is 13.4. The molecule has 1 saturated heterocycles. The Bertz CT molecular complexity index is 220. The van der Waals surface area contributed by atoms with Gasteiger partial charge in [0.05, 0.1) is 12.7 Å². The van der Waals surface area contributed by atoms with Crippen LogP contribution in [0.25, 0.3) is 0 Å². The largest absolute Gasteiger partial charge is 0.389 e. The average molecular weight is 289 g/mol. The number of rotatable bonds is 11. The van der Waals surface area contributed by atoms with Gasteiger partial charge in [0, 0.05) is 24.4 Å². The maximum atomic E-state index is 9.82. The van der Waals surface area contributed by atoms with Crippen molar-refractivity contribution in [1.82, 2.24) is 5.32 Å². The fourth-order valence-corrected chi connectivity index (χ4v) is 3.66. The van der Waals surface area contributed by atoms with E-state index in [0.717, 1.165) is 19.6 Å². The lowest BCUT2D eigenvalue weighted by molar-refractivity contribution is 0.0353. The van der Waals surface area contributed by atoms with Gasteiger partial charge in [-0.15, -0.1) is 0 Å². The summed E-state index contributed by atoms with van der Waals surface area (Å²) < 4.78 is 5.87. The van der Waals surface area contributed by atoms with Crippen molar-refractivity contribution in [2.45, 2.75) is 63.2 Å². The Kier molecular flexibility index (Phi) is 9.12. The molecule has 4 heteroatoms. The second-order valence-corrected chi connectivity index (χ2v) is 7.50. The molecule has 2 N–H and O–H groups in total. The normalized spacial score (nSPS) is 24.8. The van der Waals surface area contributed by atoms with Crippen LogP contribution in [0, 0.1) is 0 Å². The molecule has 0 aromatic carbocycles. The van der Waals surface area contributed by atoms with E-state index in [-0.39, 0.29) is 6.10 Å². The summed E-state index contributed by atoms with van der Waals surface area (Å²) in [6, 6.07) is 0. The molecule has 114 valence electrons. The van der Waals surface area contributed by atoms with Crippen molar-refractivity contribution < 1.29 is 9.84 Å². The summed E-state index contributed by atoms with van der Waals surface area (Å²) in [7, 11) is 0. The second kappa shape index (κ2) is 10.0. The fourth-order valence-electron chi connectivity index (χ4n) is 2.39. The molecule has 0 aromatic heterocycles. The molecule has 0 amide bonds. The predicted molar refractivity (Wildman–Crippen MR) is 83.9 cm³/mol. The van der Waals surface area contributed by atoms with Gasteiger partial charge in [-0.25, -0.2) is 0 Å². The highest BCUT2D eigenvalue weighted by molar-refractivity contribution is 8.00. The third-order valence-corrected chi connectivity index (χ3v) is 5.17. The first-order valence-corrected chi connectivity index (χ1v) is 8.75. The molecule has 3 nitrogen and oxygen atoms in total. The standard InChI is InChI=1S/C15H31NO2S/c1-3-4-5-6-9-18-12-14(17)11-16-13-15(2)8-7-10-19-15/h14,16-17H,3-13H2,1-2H3. The zero-order valence-electron chi connectivity index (χ0n) is 12.6. The highest BCUT2D eigenvalue weighted by Crippen LogP contribution is 2.36. The van der Waals surface area contributed by atoms with Gasteiger partial charge < -0.3 is 15.2 Å². The zero-order chi connectivity index (χ0) is 14.0.